The molecule has 0 aliphatic carbocycles. The average Bonchev–Trinajstić information content (AvgIpc) is 2.42. The predicted molar refractivity (Wildman–Crippen MR) is 76.6 cm³/mol. The quantitative estimate of drug-likeness (QED) is 0.920. The molecule has 1 heterocycles. The molecule has 110 valence electrons. The number of nitrogens with one attached hydrogen (secondary N) is 1. The van der Waals surface area contributed by atoms with E-state index >= 15 is 0 Å². The zero-order valence-electron chi connectivity index (χ0n) is 12.1. The number of halogens is 1. The number of hydrogen-bond donors (Lipinski definition) is 1. The number of methoxy groups -OCH3 is 1. The summed E-state index contributed by atoms with van der Waals surface area (Å²) in [5.41, 5.74) is 0.296. The Balaban J connectivity index is 2.25. The lowest BCUT2D eigenvalue weighted by molar-refractivity contribution is -0.122. The standard InChI is InChI=1S/C15H21FN2O2/c1-10(2)17-13-5-4-8-18(15(13)19)14-9-11(20-3)6-7-12(14)16/h6-7,9-10,13,17H,4-5,8H2,1-3H3. The minimum absolute atomic E-state index is 0.0721. The first-order valence-corrected chi connectivity index (χ1v) is 6.94. The second-order valence-electron chi connectivity index (χ2n) is 5.32. The molecule has 0 radical (unpaired) electrons. The number of anilines is 1. The van der Waals surface area contributed by atoms with Crippen molar-refractivity contribution in [3.05, 3.63) is 24.0 Å². The zero-order chi connectivity index (χ0) is 14.7. The Bertz CT molecular complexity index is 491. The van der Waals surface area contributed by atoms with E-state index in [-0.39, 0.29) is 18.0 Å². The van der Waals surface area contributed by atoms with Crippen molar-refractivity contribution in [2.24, 2.45) is 0 Å². The van der Waals surface area contributed by atoms with Gasteiger partial charge in [-0.25, -0.2) is 4.39 Å². The molecular weight excluding hydrogens is 259 g/mol. The molecule has 1 aromatic rings. The molecule has 2 rings (SSSR count). The molecule has 4 nitrogen and oxygen atoms in total. The van der Waals surface area contributed by atoms with Crippen LogP contribution in [0.3, 0.4) is 0 Å². The van der Waals surface area contributed by atoms with Crippen molar-refractivity contribution >= 4 is 11.6 Å². The fourth-order valence-corrected chi connectivity index (χ4v) is 2.50. The van der Waals surface area contributed by atoms with Crippen LogP contribution in [0.25, 0.3) is 0 Å². The molecule has 1 aliphatic heterocycles. The van der Waals surface area contributed by atoms with Crippen LogP contribution in [0.1, 0.15) is 26.7 Å². The van der Waals surface area contributed by atoms with Crippen LogP contribution in [0.5, 0.6) is 5.75 Å². The first-order valence-electron chi connectivity index (χ1n) is 6.94. The molecule has 0 saturated carbocycles. The van der Waals surface area contributed by atoms with E-state index in [1.165, 1.54) is 18.1 Å². The number of carbonyl (C=O) groups excluding carboxylic acids is 1. The van der Waals surface area contributed by atoms with E-state index in [0.29, 0.717) is 18.0 Å². The van der Waals surface area contributed by atoms with Gasteiger partial charge in [-0.1, -0.05) is 13.8 Å². The van der Waals surface area contributed by atoms with Crippen molar-refractivity contribution in [1.29, 1.82) is 0 Å². The monoisotopic (exact) mass is 280 g/mol. The maximum absolute atomic E-state index is 14.0. The third-order valence-electron chi connectivity index (χ3n) is 3.42. The topological polar surface area (TPSA) is 41.6 Å². The van der Waals surface area contributed by atoms with Crippen molar-refractivity contribution in [2.45, 2.75) is 38.8 Å². The molecule has 1 aliphatic rings. The molecule has 1 saturated heterocycles. The molecule has 0 aromatic heterocycles. The van der Waals surface area contributed by atoms with Gasteiger partial charge in [0.25, 0.3) is 0 Å². The number of benzene rings is 1. The molecule has 5 heteroatoms. The van der Waals surface area contributed by atoms with E-state index in [4.69, 9.17) is 4.74 Å². The van der Waals surface area contributed by atoms with E-state index < -0.39 is 5.82 Å². The van der Waals surface area contributed by atoms with Crippen LogP contribution < -0.4 is 15.0 Å². The van der Waals surface area contributed by atoms with Gasteiger partial charge in [0.2, 0.25) is 5.91 Å². The highest BCUT2D eigenvalue weighted by molar-refractivity contribution is 5.98. The molecule has 1 atom stereocenters. The van der Waals surface area contributed by atoms with Gasteiger partial charge in [0.1, 0.15) is 11.6 Å². The van der Waals surface area contributed by atoms with Gasteiger partial charge in [-0.2, -0.15) is 0 Å². The minimum Gasteiger partial charge on any atom is -0.497 e. The second kappa shape index (κ2) is 6.22. The summed E-state index contributed by atoms with van der Waals surface area (Å²) >= 11 is 0. The zero-order valence-corrected chi connectivity index (χ0v) is 12.1. The average molecular weight is 280 g/mol. The summed E-state index contributed by atoms with van der Waals surface area (Å²) in [6.07, 6.45) is 1.64. The smallest absolute Gasteiger partial charge is 0.244 e. The highest BCUT2D eigenvalue weighted by atomic mass is 19.1. The molecule has 0 spiro atoms. The Morgan fingerprint density at radius 2 is 2.20 bits per heavy atom. The number of hydrogen-bond acceptors (Lipinski definition) is 3. The molecule has 1 aromatic carbocycles. The Morgan fingerprint density at radius 3 is 2.85 bits per heavy atom. The predicted octanol–water partition coefficient (Wildman–Crippen LogP) is 2.33. The third kappa shape index (κ3) is 3.10. The Labute approximate surface area is 118 Å². The summed E-state index contributed by atoms with van der Waals surface area (Å²) in [4.78, 5) is 14.0. The first kappa shape index (κ1) is 14.8. The number of piperidine rings is 1. The van der Waals surface area contributed by atoms with Crippen LogP contribution in [-0.4, -0.2) is 31.6 Å². The summed E-state index contributed by atoms with van der Waals surface area (Å²) < 4.78 is 19.1. The van der Waals surface area contributed by atoms with E-state index in [1.54, 1.807) is 12.1 Å². The lowest BCUT2D eigenvalue weighted by Gasteiger charge is -2.34. The van der Waals surface area contributed by atoms with Crippen LogP contribution in [0.4, 0.5) is 10.1 Å². The summed E-state index contributed by atoms with van der Waals surface area (Å²) in [5.74, 6) is 0.0783. The van der Waals surface area contributed by atoms with Gasteiger partial charge in [0.15, 0.2) is 0 Å². The molecule has 0 bridgehead atoms. The Hall–Kier alpha value is -1.62. The number of nitrogens with zero attached hydrogens (tertiary/aromatic N) is 1. The van der Waals surface area contributed by atoms with Crippen molar-refractivity contribution < 1.29 is 13.9 Å². The summed E-state index contributed by atoms with van der Waals surface area (Å²) in [6, 6.07) is 4.44. The van der Waals surface area contributed by atoms with E-state index in [1.807, 2.05) is 13.8 Å². The molecule has 20 heavy (non-hydrogen) atoms. The lowest BCUT2D eigenvalue weighted by atomic mass is 10.0. The number of amides is 1. The van der Waals surface area contributed by atoms with E-state index in [0.717, 1.165) is 12.8 Å². The molecule has 1 amide bonds. The fourth-order valence-electron chi connectivity index (χ4n) is 2.50. The van der Waals surface area contributed by atoms with Crippen molar-refractivity contribution in [2.75, 3.05) is 18.6 Å². The van der Waals surface area contributed by atoms with Crippen LogP contribution in [0.15, 0.2) is 18.2 Å². The van der Waals surface area contributed by atoms with Crippen molar-refractivity contribution in [3.8, 4) is 5.75 Å². The van der Waals surface area contributed by atoms with Gasteiger partial charge < -0.3 is 15.0 Å². The normalized spacial score (nSPS) is 19.6. The van der Waals surface area contributed by atoms with Gasteiger partial charge in [0.05, 0.1) is 18.8 Å². The second-order valence-corrected chi connectivity index (χ2v) is 5.32. The van der Waals surface area contributed by atoms with E-state index in [2.05, 4.69) is 5.32 Å². The maximum atomic E-state index is 14.0. The number of rotatable bonds is 4. The number of ether oxygens (including phenoxy) is 1. The fraction of sp³-hybridized carbons (Fsp3) is 0.533. The first-order chi connectivity index (χ1) is 9.52. The van der Waals surface area contributed by atoms with Crippen LogP contribution in [0, 0.1) is 5.82 Å². The maximum Gasteiger partial charge on any atom is 0.244 e. The summed E-state index contributed by atoms with van der Waals surface area (Å²) in [6.45, 7) is 4.54. The SMILES string of the molecule is COc1ccc(F)c(N2CCCC(NC(C)C)C2=O)c1. The third-order valence-corrected chi connectivity index (χ3v) is 3.42. The van der Waals surface area contributed by atoms with Gasteiger partial charge in [-0.15, -0.1) is 0 Å². The highest BCUT2D eigenvalue weighted by Crippen LogP contribution is 2.28. The molecule has 1 unspecified atom stereocenters. The van der Waals surface area contributed by atoms with Crippen molar-refractivity contribution in [3.63, 3.8) is 0 Å². The van der Waals surface area contributed by atoms with E-state index in [9.17, 15) is 9.18 Å². The summed E-state index contributed by atoms with van der Waals surface area (Å²) in [5, 5.41) is 3.23. The Morgan fingerprint density at radius 1 is 1.45 bits per heavy atom. The highest BCUT2D eigenvalue weighted by Gasteiger charge is 2.31. The van der Waals surface area contributed by atoms with Crippen molar-refractivity contribution in [1.82, 2.24) is 5.32 Å². The summed E-state index contributed by atoms with van der Waals surface area (Å²) in [7, 11) is 1.53. The minimum atomic E-state index is -0.399. The molecule has 1 N–H and O–H groups in total. The van der Waals surface area contributed by atoms with Gasteiger partial charge >= 0.3 is 0 Å². The van der Waals surface area contributed by atoms with Crippen LogP contribution in [0.2, 0.25) is 0 Å². The Kier molecular flexibility index (Phi) is 4.60. The van der Waals surface area contributed by atoms with Crippen LogP contribution in [-0.2, 0) is 4.79 Å². The van der Waals surface area contributed by atoms with Gasteiger partial charge in [0, 0.05) is 18.7 Å². The number of carbonyl (C=O) groups is 1. The van der Waals surface area contributed by atoms with Gasteiger partial charge in [-0.3, -0.25) is 4.79 Å². The molecular formula is C15H21FN2O2. The molecule has 1 fully saturated rings. The lowest BCUT2D eigenvalue weighted by Crippen LogP contribution is -2.52. The van der Waals surface area contributed by atoms with Crippen LogP contribution >= 0.6 is 0 Å². The van der Waals surface area contributed by atoms with Gasteiger partial charge in [-0.05, 0) is 25.0 Å². The largest absolute Gasteiger partial charge is 0.497 e.